The number of nitrogens with zero attached hydrogens (tertiary/aromatic N) is 4. The van der Waals surface area contributed by atoms with E-state index in [1.165, 1.54) is 14.2 Å². The third-order valence-corrected chi connectivity index (χ3v) is 3.98. The van der Waals surface area contributed by atoms with E-state index in [0.29, 0.717) is 23.0 Å². The van der Waals surface area contributed by atoms with Crippen LogP contribution >= 0.6 is 0 Å². The average Bonchev–Trinajstić information content (AvgIpc) is 3.16. The van der Waals surface area contributed by atoms with Gasteiger partial charge in [0.15, 0.2) is 0 Å². The maximum absolute atomic E-state index is 11.4. The smallest absolute Gasteiger partial charge is 0.341 e. The molecule has 2 aromatic rings. The van der Waals surface area contributed by atoms with Crippen molar-refractivity contribution >= 4 is 11.9 Å². The van der Waals surface area contributed by atoms with Gasteiger partial charge in [0.1, 0.15) is 11.1 Å². The summed E-state index contributed by atoms with van der Waals surface area (Å²) in [6, 6.07) is 0. The molecule has 0 aromatic carbocycles. The zero-order chi connectivity index (χ0) is 21.4. The lowest BCUT2D eigenvalue weighted by Crippen LogP contribution is -2.09. The molecule has 0 unspecified atom stereocenters. The van der Waals surface area contributed by atoms with E-state index in [-0.39, 0.29) is 11.9 Å². The summed E-state index contributed by atoms with van der Waals surface area (Å²) in [6.07, 6.45) is 4.89. The van der Waals surface area contributed by atoms with Crippen molar-refractivity contribution < 1.29 is 19.1 Å². The topological polar surface area (TPSA) is 88.2 Å². The highest BCUT2D eigenvalue weighted by atomic mass is 16.5. The number of carbonyl (C=O) groups excluding carboxylic acids is 2. The third-order valence-electron chi connectivity index (χ3n) is 3.98. The summed E-state index contributed by atoms with van der Waals surface area (Å²) in [7, 11) is 6.41. The number of aryl methyl sites for hydroxylation is 2. The van der Waals surface area contributed by atoms with Crippen molar-refractivity contribution in [3.8, 4) is 0 Å². The quantitative estimate of drug-likeness (QED) is 0.703. The summed E-state index contributed by atoms with van der Waals surface area (Å²) < 4.78 is 12.7. The second-order valence-electron chi connectivity index (χ2n) is 7.47. The molecule has 0 fully saturated rings. The fourth-order valence-electron chi connectivity index (χ4n) is 2.72. The fourth-order valence-corrected chi connectivity index (χ4v) is 2.72. The Balaban J connectivity index is 0.000000280. The van der Waals surface area contributed by atoms with Crippen LogP contribution in [0.4, 0.5) is 0 Å². The zero-order valence-electron chi connectivity index (χ0n) is 18.1. The van der Waals surface area contributed by atoms with E-state index in [1.54, 1.807) is 28.8 Å². The van der Waals surface area contributed by atoms with Gasteiger partial charge >= 0.3 is 11.9 Å². The van der Waals surface area contributed by atoms with E-state index < -0.39 is 0 Å². The van der Waals surface area contributed by atoms with Gasteiger partial charge in [0.05, 0.1) is 31.8 Å². The number of aromatic nitrogens is 4. The second-order valence-corrected chi connectivity index (χ2v) is 7.47. The molecule has 0 saturated carbocycles. The summed E-state index contributed by atoms with van der Waals surface area (Å²) in [5.41, 5.74) is 2.90. The second kappa shape index (κ2) is 10.6. The number of methoxy groups -OCH3 is 2. The Bertz CT molecular complexity index is 776. The zero-order valence-corrected chi connectivity index (χ0v) is 18.1. The minimum Gasteiger partial charge on any atom is -0.465 e. The van der Waals surface area contributed by atoms with E-state index >= 15 is 0 Å². The molecule has 0 radical (unpaired) electrons. The number of ether oxygens (including phenoxy) is 2. The van der Waals surface area contributed by atoms with Crippen molar-refractivity contribution in [2.45, 2.75) is 40.5 Å². The lowest BCUT2D eigenvalue weighted by atomic mass is 10.1. The molecule has 0 spiro atoms. The molecule has 8 nitrogen and oxygen atoms in total. The van der Waals surface area contributed by atoms with Crippen molar-refractivity contribution in [1.29, 1.82) is 0 Å². The maximum Gasteiger partial charge on any atom is 0.341 e. The van der Waals surface area contributed by atoms with Gasteiger partial charge < -0.3 is 9.47 Å². The Hall–Kier alpha value is -2.64. The molecule has 0 aliphatic heterocycles. The molecule has 0 bridgehead atoms. The number of rotatable bonds is 6. The average molecular weight is 393 g/mol. The summed E-state index contributed by atoms with van der Waals surface area (Å²) in [4.78, 5) is 22.7. The molecule has 0 amide bonds. The van der Waals surface area contributed by atoms with E-state index in [2.05, 4.69) is 47.4 Å². The summed E-state index contributed by atoms with van der Waals surface area (Å²) in [5, 5.41) is 8.29. The van der Waals surface area contributed by atoms with Crippen LogP contribution in [0.15, 0.2) is 12.4 Å². The molecule has 2 heterocycles. The first-order valence-electron chi connectivity index (χ1n) is 9.30. The summed E-state index contributed by atoms with van der Waals surface area (Å²) in [6.45, 7) is 8.40. The molecule has 0 aliphatic rings. The van der Waals surface area contributed by atoms with Crippen LogP contribution in [0.1, 0.15) is 59.8 Å². The SMILES string of the molecule is COC(=O)c1cn(C)nc1CC(C)C.COC(=O)c1cnn(C)c1CC(C)C. The molecule has 2 rings (SSSR count). The van der Waals surface area contributed by atoms with Crippen LogP contribution in [0.25, 0.3) is 0 Å². The highest BCUT2D eigenvalue weighted by molar-refractivity contribution is 5.90. The lowest BCUT2D eigenvalue weighted by Gasteiger charge is -2.07. The highest BCUT2D eigenvalue weighted by Gasteiger charge is 2.17. The predicted molar refractivity (Wildman–Crippen MR) is 106 cm³/mol. The molecule has 156 valence electrons. The van der Waals surface area contributed by atoms with Crippen LogP contribution in [-0.2, 0) is 36.4 Å². The van der Waals surface area contributed by atoms with Crippen LogP contribution in [-0.4, -0.2) is 45.7 Å². The van der Waals surface area contributed by atoms with Crippen molar-refractivity contribution in [1.82, 2.24) is 19.6 Å². The van der Waals surface area contributed by atoms with Gasteiger partial charge in [-0.2, -0.15) is 10.2 Å². The largest absolute Gasteiger partial charge is 0.465 e. The van der Waals surface area contributed by atoms with Crippen molar-refractivity contribution in [3.05, 3.63) is 34.9 Å². The van der Waals surface area contributed by atoms with Crippen molar-refractivity contribution in [2.24, 2.45) is 25.9 Å². The Morgan fingerprint density at radius 2 is 1.50 bits per heavy atom. The standard InChI is InChI=1S/2C10H16N2O2/c1-7(2)5-9-8(10(13)14-4)6-12(3)11-9;1-7(2)5-9-8(10(13)14-4)6-11-12(9)3/h2*6-7H,5H2,1-4H3. The summed E-state index contributed by atoms with van der Waals surface area (Å²) >= 11 is 0. The van der Waals surface area contributed by atoms with Crippen molar-refractivity contribution in [3.63, 3.8) is 0 Å². The molecule has 0 saturated heterocycles. The normalized spacial score (nSPS) is 10.6. The molecule has 0 N–H and O–H groups in total. The van der Waals surface area contributed by atoms with Crippen LogP contribution in [0.3, 0.4) is 0 Å². The first-order valence-corrected chi connectivity index (χ1v) is 9.30. The van der Waals surface area contributed by atoms with Crippen LogP contribution in [0.2, 0.25) is 0 Å². The minimum atomic E-state index is -0.311. The lowest BCUT2D eigenvalue weighted by molar-refractivity contribution is 0.0590. The maximum atomic E-state index is 11.4. The first-order chi connectivity index (χ1) is 13.1. The molecular weight excluding hydrogens is 360 g/mol. The Morgan fingerprint density at radius 1 is 0.964 bits per heavy atom. The van der Waals surface area contributed by atoms with E-state index in [1.807, 2.05) is 7.05 Å². The Kier molecular flexibility index (Phi) is 8.88. The minimum absolute atomic E-state index is 0.311. The number of hydrogen-bond acceptors (Lipinski definition) is 6. The predicted octanol–water partition coefficient (Wildman–Crippen LogP) is 2.81. The number of carbonyl (C=O) groups is 2. The van der Waals surface area contributed by atoms with Crippen LogP contribution < -0.4 is 0 Å². The van der Waals surface area contributed by atoms with E-state index in [0.717, 1.165) is 24.2 Å². The monoisotopic (exact) mass is 392 g/mol. The Labute approximate surface area is 166 Å². The number of esters is 2. The van der Waals surface area contributed by atoms with E-state index in [4.69, 9.17) is 0 Å². The van der Waals surface area contributed by atoms with Gasteiger partial charge in [-0.1, -0.05) is 27.7 Å². The highest BCUT2D eigenvalue weighted by Crippen LogP contribution is 2.14. The van der Waals surface area contributed by atoms with E-state index in [9.17, 15) is 9.59 Å². The number of hydrogen-bond donors (Lipinski definition) is 0. The van der Waals surface area contributed by atoms with Gasteiger partial charge in [0, 0.05) is 20.3 Å². The van der Waals surface area contributed by atoms with Crippen LogP contribution in [0.5, 0.6) is 0 Å². The molecule has 0 aliphatic carbocycles. The summed E-state index contributed by atoms with van der Waals surface area (Å²) in [5.74, 6) is 0.351. The van der Waals surface area contributed by atoms with Gasteiger partial charge in [-0.05, 0) is 24.7 Å². The van der Waals surface area contributed by atoms with Gasteiger partial charge in [-0.25, -0.2) is 9.59 Å². The van der Waals surface area contributed by atoms with Gasteiger partial charge in [0.2, 0.25) is 0 Å². The van der Waals surface area contributed by atoms with Crippen LogP contribution in [0, 0.1) is 11.8 Å². The third kappa shape index (κ3) is 6.51. The fraction of sp³-hybridized carbons (Fsp3) is 0.600. The van der Waals surface area contributed by atoms with Crippen molar-refractivity contribution in [2.75, 3.05) is 14.2 Å². The van der Waals surface area contributed by atoms with Gasteiger partial charge in [-0.15, -0.1) is 0 Å². The van der Waals surface area contributed by atoms with Gasteiger partial charge in [0.25, 0.3) is 0 Å². The molecule has 0 atom stereocenters. The molecular formula is C20H32N4O4. The first kappa shape index (κ1) is 23.4. The Morgan fingerprint density at radius 3 is 2.00 bits per heavy atom. The molecule has 28 heavy (non-hydrogen) atoms. The molecule has 8 heteroatoms. The molecule has 2 aromatic heterocycles. The van der Waals surface area contributed by atoms with Gasteiger partial charge in [-0.3, -0.25) is 9.36 Å².